The minimum atomic E-state index is -4.86. The maximum atomic E-state index is 13.9. The number of amides is 1. The summed E-state index contributed by atoms with van der Waals surface area (Å²) in [5.74, 6) is -6.64. The van der Waals surface area contributed by atoms with Crippen LogP contribution in [0.1, 0.15) is 47.0 Å². The second kappa shape index (κ2) is 10.9. The fourth-order valence-electron chi connectivity index (χ4n) is 4.07. The van der Waals surface area contributed by atoms with Crippen LogP contribution in [-0.4, -0.2) is 59.2 Å². The van der Waals surface area contributed by atoms with Gasteiger partial charge in [-0.25, -0.2) is 22.9 Å². The number of halogens is 6. The number of alkyl halides is 3. The lowest BCUT2D eigenvalue weighted by molar-refractivity contribution is -0.148. The summed E-state index contributed by atoms with van der Waals surface area (Å²) in [4.78, 5) is 30.1. The number of esters is 1. The number of ether oxygens (including phenoxy) is 2. The summed E-state index contributed by atoms with van der Waals surface area (Å²) in [6, 6.07) is -0.984. The van der Waals surface area contributed by atoms with Crippen LogP contribution in [0.25, 0.3) is 0 Å². The third kappa shape index (κ3) is 5.81. The second-order valence-electron chi connectivity index (χ2n) is 8.24. The van der Waals surface area contributed by atoms with Crippen molar-refractivity contribution in [1.29, 1.82) is 0 Å². The SMILES string of the molecule is COCCOC(=O)c1nc(C(F)(F)F)n2c1[C@@H](C)N(C(=O)C[C@H](N)Cc1cc(F)c(F)cc1F)CC2. The molecule has 1 amide bonds. The summed E-state index contributed by atoms with van der Waals surface area (Å²) in [6.07, 6.45) is -5.51. The zero-order valence-electron chi connectivity index (χ0n) is 19.4. The summed E-state index contributed by atoms with van der Waals surface area (Å²) in [7, 11) is 1.35. The van der Waals surface area contributed by atoms with Crippen molar-refractivity contribution < 1.29 is 45.4 Å². The van der Waals surface area contributed by atoms with E-state index < -0.39 is 59.1 Å². The molecule has 36 heavy (non-hydrogen) atoms. The van der Waals surface area contributed by atoms with Crippen LogP contribution in [0.2, 0.25) is 0 Å². The lowest BCUT2D eigenvalue weighted by Gasteiger charge is -2.36. The smallest absolute Gasteiger partial charge is 0.449 e. The van der Waals surface area contributed by atoms with Gasteiger partial charge in [0.2, 0.25) is 11.7 Å². The Hall–Kier alpha value is -3.13. The number of nitrogens with zero attached hydrogens (tertiary/aromatic N) is 3. The molecule has 0 unspecified atom stereocenters. The molecular formula is C22H24F6N4O4. The quantitative estimate of drug-likeness (QED) is 0.248. The predicted molar refractivity (Wildman–Crippen MR) is 112 cm³/mol. The van der Waals surface area contributed by atoms with Gasteiger partial charge in [-0.05, 0) is 25.0 Å². The first kappa shape index (κ1) is 27.5. The number of hydrogen-bond acceptors (Lipinski definition) is 6. The number of aromatic nitrogens is 2. The molecule has 2 heterocycles. The second-order valence-corrected chi connectivity index (χ2v) is 8.24. The van der Waals surface area contributed by atoms with Crippen molar-refractivity contribution in [2.75, 3.05) is 26.9 Å². The summed E-state index contributed by atoms with van der Waals surface area (Å²) >= 11 is 0. The molecule has 2 atom stereocenters. The topological polar surface area (TPSA) is 99.7 Å². The van der Waals surface area contributed by atoms with Crippen molar-refractivity contribution in [3.8, 4) is 0 Å². The molecule has 1 aliphatic rings. The molecule has 2 aromatic rings. The summed E-state index contributed by atoms with van der Waals surface area (Å²) in [6.45, 7) is 0.791. The van der Waals surface area contributed by atoms with Crippen LogP contribution in [0.15, 0.2) is 12.1 Å². The van der Waals surface area contributed by atoms with Gasteiger partial charge in [0.15, 0.2) is 17.3 Å². The highest BCUT2D eigenvalue weighted by Crippen LogP contribution is 2.36. The van der Waals surface area contributed by atoms with E-state index in [0.29, 0.717) is 12.1 Å². The van der Waals surface area contributed by atoms with Crippen molar-refractivity contribution in [3.05, 3.63) is 52.4 Å². The van der Waals surface area contributed by atoms with Crippen molar-refractivity contribution in [3.63, 3.8) is 0 Å². The van der Waals surface area contributed by atoms with Gasteiger partial charge in [-0.15, -0.1) is 0 Å². The number of benzene rings is 1. The van der Waals surface area contributed by atoms with Gasteiger partial charge in [0, 0.05) is 38.7 Å². The first-order valence-electron chi connectivity index (χ1n) is 10.9. The van der Waals surface area contributed by atoms with Crippen LogP contribution < -0.4 is 5.73 Å². The predicted octanol–water partition coefficient (Wildman–Crippen LogP) is 2.99. The van der Waals surface area contributed by atoms with Gasteiger partial charge in [-0.3, -0.25) is 4.79 Å². The normalized spacial score (nSPS) is 16.6. The fourth-order valence-corrected chi connectivity index (χ4v) is 4.07. The van der Waals surface area contributed by atoms with Crippen LogP contribution in [0.3, 0.4) is 0 Å². The molecule has 2 N–H and O–H groups in total. The summed E-state index contributed by atoms with van der Waals surface area (Å²) < 4.78 is 91.8. The van der Waals surface area contributed by atoms with Crippen molar-refractivity contribution in [2.24, 2.45) is 5.73 Å². The first-order valence-corrected chi connectivity index (χ1v) is 10.9. The largest absolute Gasteiger partial charge is 0.458 e. The maximum Gasteiger partial charge on any atom is 0.449 e. The molecule has 0 spiro atoms. The lowest BCUT2D eigenvalue weighted by Crippen LogP contribution is -2.44. The van der Waals surface area contributed by atoms with Crippen molar-refractivity contribution in [1.82, 2.24) is 14.5 Å². The highest BCUT2D eigenvalue weighted by molar-refractivity contribution is 5.89. The number of nitrogens with two attached hydrogens (primary N) is 1. The number of methoxy groups -OCH3 is 1. The fraction of sp³-hybridized carbons (Fsp3) is 0.500. The van der Waals surface area contributed by atoms with E-state index in [1.807, 2.05) is 0 Å². The Kier molecular flexibility index (Phi) is 8.29. The highest BCUT2D eigenvalue weighted by Gasteiger charge is 2.44. The molecule has 0 radical (unpaired) electrons. The first-order chi connectivity index (χ1) is 16.8. The Bertz CT molecular complexity index is 1140. The Balaban J connectivity index is 1.81. The van der Waals surface area contributed by atoms with E-state index in [1.165, 1.54) is 18.9 Å². The summed E-state index contributed by atoms with van der Waals surface area (Å²) in [5.41, 5.74) is 4.99. The number of carbonyl (C=O) groups is 2. The van der Waals surface area contributed by atoms with Gasteiger partial charge in [-0.1, -0.05) is 0 Å². The van der Waals surface area contributed by atoms with E-state index in [2.05, 4.69) is 4.98 Å². The molecule has 0 bridgehead atoms. The Morgan fingerprint density at radius 2 is 1.81 bits per heavy atom. The zero-order valence-corrected chi connectivity index (χ0v) is 19.4. The molecule has 0 fully saturated rings. The average molecular weight is 522 g/mol. The molecule has 8 nitrogen and oxygen atoms in total. The third-order valence-corrected chi connectivity index (χ3v) is 5.73. The maximum absolute atomic E-state index is 13.9. The van der Waals surface area contributed by atoms with E-state index in [1.54, 1.807) is 0 Å². The average Bonchev–Trinajstić information content (AvgIpc) is 3.19. The molecular weight excluding hydrogens is 498 g/mol. The molecule has 0 saturated heterocycles. The number of rotatable bonds is 8. The number of imidazole rings is 1. The number of fused-ring (bicyclic) bond motifs is 1. The number of carbonyl (C=O) groups excluding carboxylic acids is 2. The molecule has 1 aliphatic heterocycles. The van der Waals surface area contributed by atoms with E-state index in [-0.39, 0.29) is 50.4 Å². The molecule has 0 aliphatic carbocycles. The van der Waals surface area contributed by atoms with Crippen LogP contribution in [-0.2, 0) is 33.4 Å². The van der Waals surface area contributed by atoms with Crippen molar-refractivity contribution in [2.45, 2.75) is 44.6 Å². The molecule has 1 aromatic heterocycles. The van der Waals surface area contributed by atoms with Gasteiger partial charge < -0.3 is 24.7 Å². The lowest BCUT2D eigenvalue weighted by atomic mass is 10.0. The van der Waals surface area contributed by atoms with E-state index in [4.69, 9.17) is 15.2 Å². The minimum Gasteiger partial charge on any atom is -0.458 e. The van der Waals surface area contributed by atoms with Gasteiger partial charge >= 0.3 is 12.1 Å². The minimum absolute atomic E-state index is 0.0184. The Labute approximate surface area is 202 Å². The van der Waals surface area contributed by atoms with Gasteiger partial charge in [0.05, 0.1) is 18.3 Å². The molecule has 3 rings (SSSR count). The molecule has 198 valence electrons. The van der Waals surface area contributed by atoms with E-state index >= 15 is 0 Å². The number of hydrogen-bond donors (Lipinski definition) is 1. The van der Waals surface area contributed by atoms with Crippen LogP contribution in [0.5, 0.6) is 0 Å². The van der Waals surface area contributed by atoms with E-state index in [9.17, 15) is 35.9 Å². The molecule has 0 saturated carbocycles. The zero-order chi connectivity index (χ0) is 26.8. The van der Waals surface area contributed by atoms with Gasteiger partial charge in [0.1, 0.15) is 12.4 Å². The van der Waals surface area contributed by atoms with Crippen LogP contribution in [0, 0.1) is 17.5 Å². The monoisotopic (exact) mass is 522 g/mol. The van der Waals surface area contributed by atoms with Gasteiger partial charge in [0.25, 0.3) is 0 Å². The van der Waals surface area contributed by atoms with Crippen LogP contribution in [0.4, 0.5) is 26.3 Å². The van der Waals surface area contributed by atoms with Gasteiger partial charge in [-0.2, -0.15) is 13.2 Å². The summed E-state index contributed by atoms with van der Waals surface area (Å²) in [5, 5.41) is 0. The Morgan fingerprint density at radius 3 is 2.44 bits per heavy atom. The van der Waals surface area contributed by atoms with Crippen molar-refractivity contribution >= 4 is 11.9 Å². The highest BCUT2D eigenvalue weighted by atomic mass is 19.4. The Morgan fingerprint density at radius 1 is 1.14 bits per heavy atom. The third-order valence-electron chi connectivity index (χ3n) is 5.73. The molecule has 1 aromatic carbocycles. The standard InChI is InChI=1S/C22H24F6N4O4/c1-11-19-18(20(34)36-6-5-35-2)30-21(22(26,27)28)32(19)4-3-31(11)17(33)9-13(29)7-12-8-15(24)16(25)10-14(12)23/h8,10-11,13H,3-7,9,29H2,1-2H3/t11-,13-/m1/s1. The molecule has 14 heteroatoms. The van der Waals surface area contributed by atoms with Crippen LogP contribution >= 0.6 is 0 Å². The van der Waals surface area contributed by atoms with E-state index in [0.717, 1.165) is 4.57 Å².